The van der Waals surface area contributed by atoms with Crippen LogP contribution in [-0.4, -0.2) is 35.1 Å². The van der Waals surface area contributed by atoms with Crippen LogP contribution in [-0.2, 0) is 9.59 Å². The highest BCUT2D eigenvalue weighted by Gasteiger charge is 2.30. The van der Waals surface area contributed by atoms with E-state index in [4.69, 9.17) is 0 Å². The third-order valence-electron chi connectivity index (χ3n) is 3.89. The van der Waals surface area contributed by atoms with Crippen LogP contribution in [0.1, 0.15) is 19.3 Å². The molecule has 2 aliphatic rings. The number of hydrogen-bond donors (Lipinski definition) is 1. The first-order valence-electron chi connectivity index (χ1n) is 7.14. The van der Waals surface area contributed by atoms with E-state index in [1.54, 1.807) is 0 Å². The minimum absolute atomic E-state index is 0.0644. The molecule has 0 aromatic heterocycles. The Bertz CT molecular complexity index is 590. The lowest BCUT2D eigenvalue weighted by Gasteiger charge is -2.30. The second kappa shape index (κ2) is 5.93. The molecule has 1 atom stereocenters. The summed E-state index contributed by atoms with van der Waals surface area (Å²) in [5.74, 6) is -0.0111. The largest absolute Gasteiger partial charge is 0.342 e. The van der Waals surface area contributed by atoms with Crippen molar-refractivity contribution in [1.82, 2.24) is 4.90 Å². The summed E-state index contributed by atoms with van der Waals surface area (Å²) in [7, 11) is 0. The summed E-state index contributed by atoms with van der Waals surface area (Å²) >= 11 is 1.48. The molecule has 1 fully saturated rings. The van der Waals surface area contributed by atoms with E-state index in [1.807, 2.05) is 29.2 Å². The zero-order valence-corrected chi connectivity index (χ0v) is 12.6. The van der Waals surface area contributed by atoms with Gasteiger partial charge in [-0.05, 0) is 25.0 Å². The number of benzene rings is 1. The molecule has 4 nitrogen and oxygen atoms in total. The Morgan fingerprint density at radius 2 is 2.05 bits per heavy atom. The van der Waals surface area contributed by atoms with Crippen molar-refractivity contribution < 1.29 is 9.59 Å². The lowest BCUT2D eigenvalue weighted by Crippen LogP contribution is -2.40. The summed E-state index contributed by atoms with van der Waals surface area (Å²) in [4.78, 5) is 27.3. The number of likely N-dealkylation sites (tertiary alicyclic amines) is 1. The molecule has 2 heterocycles. The number of hydrogen-bond acceptors (Lipinski definition) is 3. The van der Waals surface area contributed by atoms with Gasteiger partial charge in [0.15, 0.2) is 0 Å². The molecule has 1 aromatic carbocycles. The number of thioether (sulfide) groups is 1. The number of piperidine rings is 1. The SMILES string of the molecule is C=C1CCN(C(=O)CC2Sc3ccccc3NC2=O)CC1. The lowest BCUT2D eigenvalue weighted by atomic mass is 10.1. The van der Waals surface area contributed by atoms with Gasteiger partial charge in [-0.2, -0.15) is 0 Å². The molecule has 1 saturated heterocycles. The Hall–Kier alpha value is -1.75. The van der Waals surface area contributed by atoms with Gasteiger partial charge in [0, 0.05) is 24.4 Å². The zero-order valence-electron chi connectivity index (χ0n) is 11.8. The second-order valence-electron chi connectivity index (χ2n) is 5.43. The minimum atomic E-state index is -0.336. The molecule has 1 aromatic rings. The third kappa shape index (κ3) is 3.13. The molecule has 21 heavy (non-hydrogen) atoms. The van der Waals surface area contributed by atoms with E-state index in [9.17, 15) is 9.59 Å². The van der Waals surface area contributed by atoms with Crippen LogP contribution in [0.3, 0.4) is 0 Å². The Kier molecular flexibility index (Phi) is 4.01. The van der Waals surface area contributed by atoms with Gasteiger partial charge < -0.3 is 10.2 Å². The predicted octanol–water partition coefficient (Wildman–Crippen LogP) is 2.67. The van der Waals surface area contributed by atoms with Gasteiger partial charge in [0.2, 0.25) is 11.8 Å². The van der Waals surface area contributed by atoms with Gasteiger partial charge in [-0.3, -0.25) is 9.59 Å². The minimum Gasteiger partial charge on any atom is -0.342 e. The van der Waals surface area contributed by atoms with Crippen LogP contribution in [0.25, 0.3) is 0 Å². The molecule has 0 saturated carbocycles. The van der Waals surface area contributed by atoms with Gasteiger partial charge in [-0.15, -0.1) is 11.8 Å². The molecule has 110 valence electrons. The van der Waals surface area contributed by atoms with Crippen LogP contribution in [0.4, 0.5) is 5.69 Å². The predicted molar refractivity (Wildman–Crippen MR) is 84.3 cm³/mol. The van der Waals surface area contributed by atoms with Crippen molar-refractivity contribution in [2.75, 3.05) is 18.4 Å². The molecule has 2 amide bonds. The molecule has 1 N–H and O–H groups in total. The van der Waals surface area contributed by atoms with Gasteiger partial charge in [0.25, 0.3) is 0 Å². The van der Waals surface area contributed by atoms with Crippen molar-refractivity contribution in [2.24, 2.45) is 0 Å². The number of nitrogens with zero attached hydrogens (tertiary/aromatic N) is 1. The van der Waals surface area contributed by atoms with Crippen LogP contribution in [0, 0.1) is 0 Å². The number of carbonyl (C=O) groups excluding carboxylic acids is 2. The van der Waals surface area contributed by atoms with Crippen LogP contribution >= 0.6 is 11.8 Å². The number of amides is 2. The van der Waals surface area contributed by atoms with Gasteiger partial charge >= 0.3 is 0 Å². The summed E-state index contributed by atoms with van der Waals surface area (Å²) in [6.07, 6.45) is 2.01. The molecule has 3 rings (SSSR count). The number of rotatable bonds is 2. The number of fused-ring (bicyclic) bond motifs is 1. The van der Waals surface area contributed by atoms with E-state index < -0.39 is 0 Å². The maximum atomic E-state index is 12.3. The van der Waals surface area contributed by atoms with Crippen LogP contribution < -0.4 is 5.32 Å². The highest BCUT2D eigenvalue weighted by atomic mass is 32.2. The van der Waals surface area contributed by atoms with E-state index in [0.717, 1.165) is 36.5 Å². The smallest absolute Gasteiger partial charge is 0.238 e. The molecule has 0 radical (unpaired) electrons. The number of para-hydroxylation sites is 1. The molecular formula is C16H18N2O2S. The average molecular weight is 302 g/mol. The maximum Gasteiger partial charge on any atom is 0.238 e. The summed E-state index contributed by atoms with van der Waals surface area (Å²) in [6, 6.07) is 7.69. The molecule has 1 unspecified atom stereocenters. The highest BCUT2D eigenvalue weighted by molar-refractivity contribution is 8.01. The summed E-state index contributed by atoms with van der Waals surface area (Å²) in [5.41, 5.74) is 2.04. The molecule has 0 bridgehead atoms. The van der Waals surface area contributed by atoms with Gasteiger partial charge in [0.1, 0.15) is 0 Å². The first-order chi connectivity index (χ1) is 10.1. The summed E-state index contributed by atoms with van der Waals surface area (Å²) in [5, 5.41) is 2.55. The quantitative estimate of drug-likeness (QED) is 0.855. The number of nitrogens with one attached hydrogen (secondary N) is 1. The van der Waals surface area contributed by atoms with E-state index >= 15 is 0 Å². The molecule has 2 aliphatic heterocycles. The van der Waals surface area contributed by atoms with Crippen molar-refractivity contribution in [3.8, 4) is 0 Å². The second-order valence-corrected chi connectivity index (χ2v) is 6.67. The van der Waals surface area contributed by atoms with E-state index in [0.29, 0.717) is 0 Å². The topological polar surface area (TPSA) is 49.4 Å². The normalized spacial score (nSPS) is 21.7. The Balaban J connectivity index is 1.64. The fraction of sp³-hybridized carbons (Fsp3) is 0.375. The summed E-state index contributed by atoms with van der Waals surface area (Å²) in [6.45, 7) is 5.41. The standard InChI is InChI=1S/C16H18N2O2S/c1-11-6-8-18(9-7-11)15(19)10-14-16(20)17-12-4-2-3-5-13(12)21-14/h2-5,14H,1,6-10H2,(H,17,20). The van der Waals surface area contributed by atoms with Gasteiger partial charge in [-0.25, -0.2) is 0 Å². The van der Waals surface area contributed by atoms with Crippen LogP contribution in [0.15, 0.2) is 41.3 Å². The van der Waals surface area contributed by atoms with Crippen LogP contribution in [0.5, 0.6) is 0 Å². The lowest BCUT2D eigenvalue weighted by molar-refractivity contribution is -0.133. The fourth-order valence-corrected chi connectivity index (χ4v) is 3.69. The Morgan fingerprint density at radius 1 is 1.33 bits per heavy atom. The van der Waals surface area contributed by atoms with E-state index in [2.05, 4.69) is 11.9 Å². The van der Waals surface area contributed by atoms with Crippen molar-refractivity contribution in [2.45, 2.75) is 29.4 Å². The average Bonchev–Trinajstić information content (AvgIpc) is 2.48. The zero-order chi connectivity index (χ0) is 14.8. The van der Waals surface area contributed by atoms with E-state index in [-0.39, 0.29) is 23.5 Å². The fourth-order valence-electron chi connectivity index (χ4n) is 2.59. The molecular weight excluding hydrogens is 284 g/mol. The van der Waals surface area contributed by atoms with Gasteiger partial charge in [0.05, 0.1) is 10.9 Å². The van der Waals surface area contributed by atoms with Gasteiger partial charge in [-0.1, -0.05) is 24.3 Å². The van der Waals surface area contributed by atoms with Crippen molar-refractivity contribution in [3.05, 3.63) is 36.4 Å². The van der Waals surface area contributed by atoms with Crippen molar-refractivity contribution >= 4 is 29.3 Å². The maximum absolute atomic E-state index is 12.3. The monoisotopic (exact) mass is 302 g/mol. The van der Waals surface area contributed by atoms with Crippen molar-refractivity contribution in [3.63, 3.8) is 0 Å². The van der Waals surface area contributed by atoms with Crippen LogP contribution in [0.2, 0.25) is 0 Å². The number of carbonyl (C=O) groups is 2. The molecule has 5 heteroatoms. The third-order valence-corrected chi connectivity index (χ3v) is 5.17. The van der Waals surface area contributed by atoms with E-state index in [1.165, 1.54) is 17.3 Å². The Labute approximate surface area is 128 Å². The molecule has 0 spiro atoms. The Morgan fingerprint density at radius 3 is 2.81 bits per heavy atom. The summed E-state index contributed by atoms with van der Waals surface area (Å²) < 4.78 is 0. The number of anilines is 1. The first kappa shape index (κ1) is 14.2. The highest BCUT2D eigenvalue weighted by Crippen LogP contribution is 2.36. The molecule has 0 aliphatic carbocycles. The van der Waals surface area contributed by atoms with Crippen molar-refractivity contribution in [1.29, 1.82) is 0 Å². The first-order valence-corrected chi connectivity index (χ1v) is 8.02.